The van der Waals surface area contributed by atoms with Gasteiger partial charge in [0.05, 0.1) is 0 Å². The predicted molar refractivity (Wildman–Crippen MR) is 108 cm³/mol. The van der Waals surface area contributed by atoms with Crippen molar-refractivity contribution in [1.29, 1.82) is 0 Å². The molecule has 1 unspecified atom stereocenters. The molecule has 6 nitrogen and oxygen atoms in total. The number of carbonyl (C=O) groups is 1. The summed E-state index contributed by atoms with van der Waals surface area (Å²) in [5, 5.41) is 9.58. The second kappa shape index (κ2) is 7.58. The molecule has 3 rings (SSSR count). The molecule has 1 amide bonds. The molecule has 2 heterocycles. The molecule has 1 aromatic carbocycles. The van der Waals surface area contributed by atoms with Gasteiger partial charge in [0.25, 0.3) is 11.5 Å². The van der Waals surface area contributed by atoms with Crippen LogP contribution < -0.4 is 21.2 Å². The molecule has 2 aromatic rings. The maximum absolute atomic E-state index is 12.6. The summed E-state index contributed by atoms with van der Waals surface area (Å²) >= 11 is 0. The summed E-state index contributed by atoms with van der Waals surface area (Å²) in [6, 6.07) is 9.36. The van der Waals surface area contributed by atoms with E-state index >= 15 is 0 Å². The van der Waals surface area contributed by atoms with Crippen LogP contribution in [0.3, 0.4) is 0 Å². The summed E-state index contributed by atoms with van der Waals surface area (Å²) in [6.45, 7) is 7.89. The number of anilines is 1. The van der Waals surface area contributed by atoms with Gasteiger partial charge in [-0.1, -0.05) is 32.9 Å². The standard InChI is InChI=1S/C20H25BN4O2/c1-20(2,3)14-8-6-13(7-9-14)18(26)22-15-5-4-10-25(12-15)17-11-16(21)19(27)24-23-17/h6-9,11,15H,4-5,10,12H2,1-3H3,(H,22,26)(H,24,27). The van der Waals surface area contributed by atoms with Gasteiger partial charge in [-0.05, 0) is 47.5 Å². The Kier molecular flexibility index (Phi) is 5.39. The van der Waals surface area contributed by atoms with Gasteiger partial charge in [0.2, 0.25) is 0 Å². The smallest absolute Gasteiger partial charge is 0.257 e. The summed E-state index contributed by atoms with van der Waals surface area (Å²) in [6.07, 6.45) is 1.83. The zero-order valence-corrected chi connectivity index (χ0v) is 16.1. The van der Waals surface area contributed by atoms with Crippen molar-refractivity contribution in [3.8, 4) is 0 Å². The zero-order chi connectivity index (χ0) is 19.6. The highest BCUT2D eigenvalue weighted by Gasteiger charge is 2.23. The minimum absolute atomic E-state index is 0.0171. The molecule has 1 atom stereocenters. The van der Waals surface area contributed by atoms with Crippen molar-refractivity contribution < 1.29 is 4.79 Å². The Bertz CT molecular complexity index is 871. The number of hydrogen-bond donors (Lipinski definition) is 2. The van der Waals surface area contributed by atoms with Gasteiger partial charge in [-0.3, -0.25) is 9.59 Å². The van der Waals surface area contributed by atoms with E-state index in [0.29, 0.717) is 17.9 Å². The summed E-state index contributed by atoms with van der Waals surface area (Å²) < 4.78 is 0. The van der Waals surface area contributed by atoms with E-state index in [1.807, 2.05) is 29.2 Å². The highest BCUT2D eigenvalue weighted by atomic mass is 16.1. The number of benzene rings is 1. The van der Waals surface area contributed by atoms with E-state index in [9.17, 15) is 9.59 Å². The van der Waals surface area contributed by atoms with Crippen molar-refractivity contribution in [2.24, 2.45) is 0 Å². The van der Waals surface area contributed by atoms with Crippen LogP contribution in [-0.2, 0) is 5.41 Å². The molecule has 0 aliphatic carbocycles. The molecule has 140 valence electrons. The number of nitrogens with one attached hydrogen (secondary N) is 2. The molecule has 1 aliphatic heterocycles. The number of rotatable bonds is 3. The highest BCUT2D eigenvalue weighted by Crippen LogP contribution is 2.22. The van der Waals surface area contributed by atoms with Crippen molar-refractivity contribution in [3.63, 3.8) is 0 Å². The molecule has 1 fully saturated rings. The minimum atomic E-state index is -0.390. The quantitative estimate of drug-likeness (QED) is 0.804. The molecule has 2 radical (unpaired) electrons. The summed E-state index contributed by atoms with van der Waals surface area (Å²) in [4.78, 5) is 26.0. The molecule has 0 saturated carbocycles. The molecule has 0 bridgehead atoms. The van der Waals surface area contributed by atoms with E-state index in [-0.39, 0.29) is 28.4 Å². The van der Waals surface area contributed by atoms with Crippen molar-refractivity contribution in [1.82, 2.24) is 15.5 Å². The maximum Gasteiger partial charge on any atom is 0.257 e. The molecule has 27 heavy (non-hydrogen) atoms. The third-order valence-electron chi connectivity index (χ3n) is 4.91. The number of H-pyrrole nitrogens is 1. The number of amides is 1. The Balaban J connectivity index is 1.65. The van der Waals surface area contributed by atoms with Crippen LogP contribution in [0.1, 0.15) is 49.5 Å². The number of piperidine rings is 1. The largest absolute Gasteiger partial charge is 0.353 e. The zero-order valence-electron chi connectivity index (χ0n) is 16.1. The molecule has 7 heteroatoms. The Morgan fingerprint density at radius 3 is 2.63 bits per heavy atom. The van der Waals surface area contributed by atoms with Gasteiger partial charge in [0.1, 0.15) is 13.7 Å². The second-order valence-electron chi connectivity index (χ2n) is 8.10. The lowest BCUT2D eigenvalue weighted by atomic mass is 9.86. The van der Waals surface area contributed by atoms with E-state index in [0.717, 1.165) is 19.4 Å². The summed E-state index contributed by atoms with van der Waals surface area (Å²) in [5.74, 6) is 0.553. The number of aromatic nitrogens is 2. The highest BCUT2D eigenvalue weighted by molar-refractivity contribution is 6.32. The van der Waals surface area contributed by atoms with Crippen molar-refractivity contribution >= 4 is 25.0 Å². The molecule has 1 aliphatic rings. The lowest BCUT2D eigenvalue weighted by molar-refractivity contribution is 0.0933. The minimum Gasteiger partial charge on any atom is -0.353 e. The second-order valence-corrected chi connectivity index (χ2v) is 8.10. The van der Waals surface area contributed by atoms with Gasteiger partial charge < -0.3 is 10.2 Å². The van der Waals surface area contributed by atoms with Crippen LogP contribution in [0.2, 0.25) is 0 Å². The third kappa shape index (κ3) is 4.59. The molecule has 1 aromatic heterocycles. The monoisotopic (exact) mass is 364 g/mol. The fourth-order valence-corrected chi connectivity index (χ4v) is 3.26. The van der Waals surface area contributed by atoms with Gasteiger partial charge >= 0.3 is 0 Å². The fourth-order valence-electron chi connectivity index (χ4n) is 3.26. The molecular formula is C20H25BN4O2. The first-order valence-electron chi connectivity index (χ1n) is 9.25. The Morgan fingerprint density at radius 1 is 1.30 bits per heavy atom. The van der Waals surface area contributed by atoms with E-state index in [1.54, 1.807) is 6.07 Å². The predicted octanol–water partition coefficient (Wildman–Crippen LogP) is 1.26. The van der Waals surface area contributed by atoms with Crippen LogP contribution in [-0.4, -0.2) is 43.1 Å². The van der Waals surface area contributed by atoms with Crippen molar-refractivity contribution in [2.45, 2.75) is 45.1 Å². The van der Waals surface area contributed by atoms with Gasteiger partial charge in [-0.25, -0.2) is 5.10 Å². The van der Waals surface area contributed by atoms with E-state index in [4.69, 9.17) is 7.85 Å². The first-order chi connectivity index (χ1) is 12.7. The Labute approximate surface area is 160 Å². The van der Waals surface area contributed by atoms with Gasteiger partial charge in [-0.2, -0.15) is 5.10 Å². The number of nitrogens with zero attached hydrogens (tertiary/aromatic N) is 2. The van der Waals surface area contributed by atoms with Crippen LogP contribution in [0.4, 0.5) is 5.82 Å². The third-order valence-corrected chi connectivity index (χ3v) is 4.91. The first kappa shape index (κ1) is 19.2. The normalized spacial score (nSPS) is 17.6. The van der Waals surface area contributed by atoms with E-state index in [1.165, 1.54) is 5.56 Å². The first-order valence-corrected chi connectivity index (χ1v) is 9.25. The Hall–Kier alpha value is -2.57. The van der Waals surface area contributed by atoms with Crippen molar-refractivity contribution in [2.75, 3.05) is 18.0 Å². The molecule has 0 spiro atoms. The Morgan fingerprint density at radius 2 is 2.00 bits per heavy atom. The van der Waals surface area contributed by atoms with Gasteiger partial charge in [0.15, 0.2) is 0 Å². The van der Waals surface area contributed by atoms with Crippen LogP contribution >= 0.6 is 0 Å². The van der Waals surface area contributed by atoms with Gasteiger partial charge in [-0.15, -0.1) is 0 Å². The lowest BCUT2D eigenvalue weighted by Crippen LogP contribution is -2.48. The van der Waals surface area contributed by atoms with Crippen LogP contribution in [0.25, 0.3) is 0 Å². The average molecular weight is 364 g/mol. The lowest BCUT2D eigenvalue weighted by Gasteiger charge is -2.33. The summed E-state index contributed by atoms with van der Waals surface area (Å²) in [7, 11) is 5.68. The SMILES string of the molecule is [B]c1cc(N2CCCC(NC(=O)c3ccc(C(C)(C)C)cc3)C2)n[nH]c1=O. The van der Waals surface area contributed by atoms with Crippen molar-refractivity contribution in [3.05, 3.63) is 51.8 Å². The van der Waals surface area contributed by atoms with Crippen LogP contribution in [0.5, 0.6) is 0 Å². The molecular weight excluding hydrogens is 339 g/mol. The van der Waals surface area contributed by atoms with Gasteiger partial charge in [0, 0.05) is 24.7 Å². The number of hydrogen-bond acceptors (Lipinski definition) is 4. The maximum atomic E-state index is 12.6. The molecule has 2 N–H and O–H groups in total. The topological polar surface area (TPSA) is 78.1 Å². The van der Waals surface area contributed by atoms with Crippen LogP contribution in [0.15, 0.2) is 35.1 Å². The number of aromatic amines is 1. The fraction of sp³-hybridized carbons (Fsp3) is 0.450. The number of carbonyl (C=O) groups excluding carboxylic acids is 1. The van der Waals surface area contributed by atoms with Crippen LogP contribution in [0, 0.1) is 0 Å². The molecule has 1 saturated heterocycles. The average Bonchev–Trinajstić information content (AvgIpc) is 2.63. The van der Waals surface area contributed by atoms with E-state index in [2.05, 4.69) is 36.3 Å². The van der Waals surface area contributed by atoms with E-state index < -0.39 is 0 Å². The summed E-state index contributed by atoms with van der Waals surface area (Å²) in [5.41, 5.74) is 1.67.